The third-order valence-corrected chi connectivity index (χ3v) is 5.83. The summed E-state index contributed by atoms with van der Waals surface area (Å²) in [5.74, 6) is -0.212. The molecule has 5 nitrogen and oxygen atoms in total. The molecule has 0 aliphatic heterocycles. The molecule has 0 spiro atoms. The number of rotatable bonds is 4. The maximum Gasteiger partial charge on any atom is 0.264 e. The maximum atomic E-state index is 13.1. The number of fused-ring (bicyclic) bond motifs is 1. The van der Waals surface area contributed by atoms with Crippen molar-refractivity contribution in [1.82, 2.24) is 14.8 Å². The Morgan fingerprint density at radius 3 is 2.59 bits per heavy atom. The zero-order chi connectivity index (χ0) is 19.0. The van der Waals surface area contributed by atoms with Crippen molar-refractivity contribution in [2.24, 2.45) is 0 Å². The Bertz CT molecular complexity index is 1090. The van der Waals surface area contributed by atoms with E-state index in [-0.39, 0.29) is 5.91 Å². The van der Waals surface area contributed by atoms with E-state index < -0.39 is 0 Å². The van der Waals surface area contributed by atoms with Gasteiger partial charge in [-0.15, -0.1) is 0 Å². The van der Waals surface area contributed by atoms with E-state index in [1.807, 2.05) is 54.6 Å². The Morgan fingerprint density at radius 2 is 1.85 bits per heavy atom. The zero-order valence-electron chi connectivity index (χ0n) is 14.9. The molecule has 0 N–H and O–H groups in total. The van der Waals surface area contributed by atoms with Crippen molar-refractivity contribution < 1.29 is 4.79 Å². The highest BCUT2D eigenvalue weighted by Gasteiger charge is 2.25. The van der Waals surface area contributed by atoms with Gasteiger partial charge in [0.05, 0.1) is 28.0 Å². The van der Waals surface area contributed by atoms with Gasteiger partial charge in [0.25, 0.3) is 5.91 Å². The van der Waals surface area contributed by atoms with Crippen molar-refractivity contribution in [2.45, 2.75) is 13.5 Å². The van der Waals surface area contributed by atoms with Gasteiger partial charge in [0.2, 0.25) is 0 Å². The number of hydrogen-bond donors (Lipinski definition) is 0. The van der Waals surface area contributed by atoms with Crippen LogP contribution >= 0.6 is 22.9 Å². The number of carbonyl (C=O) groups is 1. The maximum absolute atomic E-state index is 13.1. The molecule has 0 bridgehead atoms. The predicted octanol–water partition coefficient (Wildman–Crippen LogP) is 4.78. The van der Waals surface area contributed by atoms with E-state index in [1.165, 1.54) is 16.2 Å². The number of carbonyl (C=O) groups excluding carboxylic acids is 1. The average Bonchev–Trinajstić information content (AvgIpc) is 3.22. The van der Waals surface area contributed by atoms with Crippen LogP contribution in [-0.4, -0.2) is 27.7 Å². The molecule has 4 rings (SSSR count). The molecule has 4 aromatic rings. The lowest BCUT2D eigenvalue weighted by Crippen LogP contribution is -2.26. The minimum Gasteiger partial charge on any atom is -0.287 e. The molecule has 7 heteroatoms. The lowest BCUT2D eigenvalue weighted by Gasteiger charge is -2.13. The van der Waals surface area contributed by atoms with Gasteiger partial charge in [-0.05, 0) is 24.6 Å². The van der Waals surface area contributed by atoms with Gasteiger partial charge in [0.15, 0.2) is 5.13 Å². The fraction of sp³-hybridized carbons (Fsp3) is 0.150. The van der Waals surface area contributed by atoms with Gasteiger partial charge >= 0.3 is 0 Å². The van der Waals surface area contributed by atoms with Crippen LogP contribution in [0, 0.1) is 6.92 Å². The third-order valence-electron chi connectivity index (χ3n) is 4.33. The first-order valence-electron chi connectivity index (χ1n) is 8.45. The number of anilines is 1. The molecule has 0 fully saturated rings. The molecule has 2 aromatic carbocycles. The standard InChI is InChI=1S/C20H17ClN4OS/c1-13-17(18(21)25(23-13)12-14-8-4-3-5-9-14)19(26)24(2)20-22-15-10-6-7-11-16(15)27-20/h3-11H,12H2,1-2H3. The second kappa shape index (κ2) is 7.13. The van der Waals surface area contributed by atoms with Crippen molar-refractivity contribution in [3.8, 4) is 0 Å². The molecule has 0 saturated carbocycles. The zero-order valence-corrected chi connectivity index (χ0v) is 16.5. The van der Waals surface area contributed by atoms with Crippen LogP contribution in [0.3, 0.4) is 0 Å². The van der Waals surface area contributed by atoms with Gasteiger partial charge in [0, 0.05) is 7.05 Å². The van der Waals surface area contributed by atoms with Gasteiger partial charge in [-0.3, -0.25) is 9.69 Å². The van der Waals surface area contributed by atoms with E-state index in [0.29, 0.717) is 28.1 Å². The summed E-state index contributed by atoms with van der Waals surface area (Å²) in [6.07, 6.45) is 0. The first kappa shape index (κ1) is 17.7. The fourth-order valence-corrected chi connectivity index (χ4v) is 4.16. The van der Waals surface area contributed by atoms with Crippen LogP contribution in [0.15, 0.2) is 54.6 Å². The Balaban J connectivity index is 1.65. The number of aryl methyl sites for hydroxylation is 1. The summed E-state index contributed by atoms with van der Waals surface area (Å²) in [6, 6.07) is 17.7. The lowest BCUT2D eigenvalue weighted by atomic mass is 10.2. The lowest BCUT2D eigenvalue weighted by molar-refractivity contribution is 0.0992. The molecule has 2 aromatic heterocycles. The number of aromatic nitrogens is 3. The summed E-state index contributed by atoms with van der Waals surface area (Å²) >= 11 is 7.99. The molecule has 0 aliphatic carbocycles. The Labute approximate surface area is 165 Å². The number of nitrogens with zero attached hydrogens (tertiary/aromatic N) is 4. The predicted molar refractivity (Wildman–Crippen MR) is 110 cm³/mol. The molecule has 0 atom stereocenters. The van der Waals surface area contributed by atoms with E-state index in [9.17, 15) is 4.79 Å². The summed E-state index contributed by atoms with van der Waals surface area (Å²) in [5, 5.41) is 5.44. The van der Waals surface area contributed by atoms with Crippen LogP contribution in [-0.2, 0) is 6.54 Å². The summed E-state index contributed by atoms with van der Waals surface area (Å²) in [6.45, 7) is 2.31. The molecule has 0 saturated heterocycles. The molecule has 1 amide bonds. The molecule has 136 valence electrons. The highest BCUT2D eigenvalue weighted by atomic mass is 35.5. The van der Waals surface area contributed by atoms with Crippen molar-refractivity contribution in [3.05, 3.63) is 76.6 Å². The smallest absolute Gasteiger partial charge is 0.264 e. The highest BCUT2D eigenvalue weighted by Crippen LogP contribution is 2.30. The number of para-hydroxylation sites is 1. The van der Waals surface area contributed by atoms with Gasteiger partial charge in [-0.1, -0.05) is 65.4 Å². The minimum atomic E-state index is -0.212. The second-order valence-electron chi connectivity index (χ2n) is 6.22. The Kier molecular flexibility index (Phi) is 4.68. The number of thiazole rings is 1. The van der Waals surface area contributed by atoms with E-state index in [2.05, 4.69) is 10.1 Å². The van der Waals surface area contributed by atoms with Gasteiger partial charge in [0.1, 0.15) is 5.15 Å². The van der Waals surface area contributed by atoms with Crippen LogP contribution in [0.4, 0.5) is 5.13 Å². The molecule has 0 aliphatic rings. The summed E-state index contributed by atoms with van der Waals surface area (Å²) in [4.78, 5) is 19.2. The van der Waals surface area contributed by atoms with E-state index >= 15 is 0 Å². The van der Waals surface area contributed by atoms with Gasteiger partial charge in [-0.2, -0.15) is 5.10 Å². The molecular formula is C20H17ClN4OS. The van der Waals surface area contributed by atoms with Crippen molar-refractivity contribution in [2.75, 3.05) is 11.9 Å². The van der Waals surface area contributed by atoms with Crippen molar-refractivity contribution >= 4 is 44.2 Å². The topological polar surface area (TPSA) is 51.0 Å². The first-order chi connectivity index (χ1) is 13.0. The third kappa shape index (κ3) is 3.34. The van der Waals surface area contributed by atoms with E-state index in [1.54, 1.807) is 18.7 Å². The fourth-order valence-electron chi connectivity index (χ4n) is 2.92. The minimum absolute atomic E-state index is 0.212. The first-order valence-corrected chi connectivity index (χ1v) is 9.64. The van der Waals surface area contributed by atoms with Crippen LogP contribution < -0.4 is 4.90 Å². The van der Waals surface area contributed by atoms with E-state index in [0.717, 1.165) is 15.8 Å². The van der Waals surface area contributed by atoms with Crippen molar-refractivity contribution in [3.63, 3.8) is 0 Å². The molecule has 2 heterocycles. The number of hydrogen-bond acceptors (Lipinski definition) is 4. The molecule has 0 radical (unpaired) electrons. The Morgan fingerprint density at radius 1 is 1.15 bits per heavy atom. The second-order valence-corrected chi connectivity index (χ2v) is 7.59. The quantitative estimate of drug-likeness (QED) is 0.498. The van der Waals surface area contributed by atoms with Crippen LogP contribution in [0.1, 0.15) is 21.6 Å². The number of amides is 1. The highest BCUT2D eigenvalue weighted by molar-refractivity contribution is 7.22. The number of halogens is 1. The molecule has 27 heavy (non-hydrogen) atoms. The van der Waals surface area contributed by atoms with Gasteiger partial charge in [-0.25, -0.2) is 9.67 Å². The van der Waals surface area contributed by atoms with Crippen LogP contribution in [0.2, 0.25) is 5.15 Å². The summed E-state index contributed by atoms with van der Waals surface area (Å²) < 4.78 is 2.70. The Hall–Kier alpha value is -2.70. The summed E-state index contributed by atoms with van der Waals surface area (Å²) in [7, 11) is 1.71. The average molecular weight is 397 g/mol. The van der Waals surface area contributed by atoms with Gasteiger partial charge < -0.3 is 0 Å². The summed E-state index contributed by atoms with van der Waals surface area (Å²) in [5.41, 5.74) is 2.96. The van der Waals surface area contributed by atoms with E-state index in [4.69, 9.17) is 11.6 Å². The van der Waals surface area contributed by atoms with Crippen molar-refractivity contribution in [1.29, 1.82) is 0 Å². The van der Waals surface area contributed by atoms with Crippen LogP contribution in [0.5, 0.6) is 0 Å². The van der Waals surface area contributed by atoms with Crippen LogP contribution in [0.25, 0.3) is 10.2 Å². The molecular weight excluding hydrogens is 380 g/mol. The SMILES string of the molecule is Cc1nn(Cc2ccccc2)c(Cl)c1C(=O)N(C)c1nc2ccccc2s1. The monoisotopic (exact) mass is 396 g/mol. The molecule has 0 unspecified atom stereocenters. The number of benzene rings is 2. The largest absolute Gasteiger partial charge is 0.287 e. The normalized spacial score (nSPS) is 11.1.